The molecule has 3 rings (SSSR count). The van der Waals surface area contributed by atoms with Crippen LogP contribution in [0.2, 0.25) is 0 Å². The summed E-state index contributed by atoms with van der Waals surface area (Å²) >= 11 is 0. The Kier molecular flexibility index (Phi) is 4.23. The molecule has 1 saturated carbocycles. The minimum Gasteiger partial charge on any atom is -0.310 e. The van der Waals surface area contributed by atoms with Crippen LogP contribution in [0.4, 0.5) is 0 Å². The van der Waals surface area contributed by atoms with E-state index in [1.165, 1.54) is 44.9 Å². The highest BCUT2D eigenvalue weighted by Crippen LogP contribution is 2.35. The summed E-state index contributed by atoms with van der Waals surface area (Å²) in [4.78, 5) is 20.3. The predicted octanol–water partition coefficient (Wildman–Crippen LogP) is 3.72. The van der Waals surface area contributed by atoms with Crippen LogP contribution in [0.25, 0.3) is 0 Å². The summed E-state index contributed by atoms with van der Waals surface area (Å²) in [6.45, 7) is 2.29. The molecule has 20 heavy (non-hydrogen) atoms. The van der Waals surface area contributed by atoms with Gasteiger partial charge in [0.25, 0.3) is 5.56 Å². The Morgan fingerprint density at radius 2 is 1.85 bits per heavy atom. The number of nitrogens with zero attached hydrogens (tertiary/aromatic N) is 1. The molecule has 0 atom stereocenters. The first-order valence-electron chi connectivity index (χ1n) is 8.40. The van der Waals surface area contributed by atoms with Gasteiger partial charge in [0, 0.05) is 11.5 Å². The summed E-state index contributed by atoms with van der Waals surface area (Å²) in [5.41, 5.74) is 2.21. The molecule has 2 aliphatic carbocycles. The molecule has 0 bridgehead atoms. The standard InChI is InChI=1S/C17H26N2O/c1-2-12-8-10-13(11-9-12)16-18-15-7-5-3-4-6-14(15)17(20)19-16/h12-13H,2-11H2,1H3,(H,18,19,20). The summed E-state index contributed by atoms with van der Waals surface area (Å²) < 4.78 is 0. The number of fused-ring (bicyclic) bond motifs is 1. The Morgan fingerprint density at radius 3 is 2.60 bits per heavy atom. The highest BCUT2D eigenvalue weighted by Gasteiger charge is 2.24. The predicted molar refractivity (Wildman–Crippen MR) is 81.1 cm³/mol. The first kappa shape index (κ1) is 13.8. The van der Waals surface area contributed by atoms with E-state index in [4.69, 9.17) is 4.98 Å². The molecule has 0 aliphatic heterocycles. The van der Waals surface area contributed by atoms with Crippen LogP contribution < -0.4 is 5.56 Å². The van der Waals surface area contributed by atoms with E-state index in [0.29, 0.717) is 5.92 Å². The number of aromatic nitrogens is 2. The van der Waals surface area contributed by atoms with Gasteiger partial charge in [0.2, 0.25) is 0 Å². The molecule has 0 amide bonds. The number of hydrogen-bond donors (Lipinski definition) is 1. The van der Waals surface area contributed by atoms with E-state index in [1.807, 2.05) is 0 Å². The van der Waals surface area contributed by atoms with Crippen LogP contribution in [0.1, 0.15) is 81.3 Å². The number of aryl methyl sites for hydroxylation is 1. The summed E-state index contributed by atoms with van der Waals surface area (Å²) in [6.07, 6.45) is 11.7. The fourth-order valence-electron chi connectivity index (χ4n) is 3.84. The van der Waals surface area contributed by atoms with Gasteiger partial charge in [-0.3, -0.25) is 4.79 Å². The number of rotatable bonds is 2. The van der Waals surface area contributed by atoms with E-state index in [9.17, 15) is 4.79 Å². The van der Waals surface area contributed by atoms with Crippen LogP contribution in [0, 0.1) is 5.92 Å². The van der Waals surface area contributed by atoms with E-state index in [2.05, 4.69) is 11.9 Å². The maximum Gasteiger partial charge on any atom is 0.254 e. The van der Waals surface area contributed by atoms with Gasteiger partial charge in [-0.05, 0) is 57.3 Å². The molecule has 0 aromatic carbocycles. The van der Waals surface area contributed by atoms with Crippen molar-refractivity contribution in [2.45, 2.75) is 77.0 Å². The van der Waals surface area contributed by atoms with Crippen molar-refractivity contribution < 1.29 is 0 Å². The molecule has 1 fully saturated rings. The molecule has 1 N–H and O–H groups in total. The third kappa shape index (κ3) is 2.82. The lowest BCUT2D eigenvalue weighted by molar-refractivity contribution is 0.311. The molecule has 0 unspecified atom stereocenters. The summed E-state index contributed by atoms with van der Waals surface area (Å²) in [7, 11) is 0. The van der Waals surface area contributed by atoms with Gasteiger partial charge < -0.3 is 4.98 Å². The van der Waals surface area contributed by atoms with Gasteiger partial charge in [-0.1, -0.05) is 19.8 Å². The van der Waals surface area contributed by atoms with Gasteiger partial charge in [0.05, 0.1) is 5.69 Å². The van der Waals surface area contributed by atoms with Crippen LogP contribution in [0.15, 0.2) is 4.79 Å². The first-order valence-corrected chi connectivity index (χ1v) is 8.40. The van der Waals surface area contributed by atoms with Gasteiger partial charge in [-0.2, -0.15) is 0 Å². The molecule has 0 spiro atoms. The second-order valence-corrected chi connectivity index (χ2v) is 6.56. The van der Waals surface area contributed by atoms with Crippen molar-refractivity contribution in [3.8, 4) is 0 Å². The Hall–Kier alpha value is -1.12. The smallest absolute Gasteiger partial charge is 0.254 e. The molecule has 1 aromatic heterocycles. The normalized spacial score (nSPS) is 26.9. The molecule has 3 nitrogen and oxygen atoms in total. The second kappa shape index (κ2) is 6.11. The molecular formula is C17H26N2O. The van der Waals surface area contributed by atoms with Crippen molar-refractivity contribution in [1.82, 2.24) is 9.97 Å². The van der Waals surface area contributed by atoms with E-state index < -0.39 is 0 Å². The average Bonchev–Trinajstić information content (AvgIpc) is 2.73. The highest BCUT2D eigenvalue weighted by atomic mass is 16.1. The van der Waals surface area contributed by atoms with Gasteiger partial charge in [-0.15, -0.1) is 0 Å². The van der Waals surface area contributed by atoms with Crippen molar-refractivity contribution in [2.75, 3.05) is 0 Å². The van der Waals surface area contributed by atoms with Crippen LogP contribution in [0.3, 0.4) is 0 Å². The van der Waals surface area contributed by atoms with Gasteiger partial charge >= 0.3 is 0 Å². The highest BCUT2D eigenvalue weighted by molar-refractivity contribution is 5.20. The second-order valence-electron chi connectivity index (χ2n) is 6.56. The van der Waals surface area contributed by atoms with Crippen LogP contribution in [-0.4, -0.2) is 9.97 Å². The van der Waals surface area contributed by atoms with Crippen molar-refractivity contribution in [1.29, 1.82) is 0 Å². The molecule has 0 radical (unpaired) electrons. The van der Waals surface area contributed by atoms with Crippen LogP contribution >= 0.6 is 0 Å². The fraction of sp³-hybridized carbons (Fsp3) is 0.765. The third-order valence-electron chi connectivity index (χ3n) is 5.27. The van der Waals surface area contributed by atoms with Gasteiger partial charge in [0.1, 0.15) is 5.82 Å². The minimum absolute atomic E-state index is 0.143. The monoisotopic (exact) mass is 274 g/mol. The molecule has 110 valence electrons. The molecule has 2 aliphatic rings. The van der Waals surface area contributed by atoms with E-state index in [0.717, 1.165) is 42.3 Å². The molecular weight excluding hydrogens is 248 g/mol. The summed E-state index contributed by atoms with van der Waals surface area (Å²) in [5, 5.41) is 0. The van der Waals surface area contributed by atoms with E-state index in [-0.39, 0.29) is 5.56 Å². The molecule has 3 heteroatoms. The van der Waals surface area contributed by atoms with Crippen LogP contribution in [-0.2, 0) is 12.8 Å². The lowest BCUT2D eigenvalue weighted by atomic mass is 9.80. The van der Waals surface area contributed by atoms with E-state index >= 15 is 0 Å². The zero-order valence-corrected chi connectivity index (χ0v) is 12.6. The Labute approximate surface area is 121 Å². The quantitative estimate of drug-likeness (QED) is 0.835. The number of hydrogen-bond acceptors (Lipinski definition) is 2. The Bertz CT molecular complexity index is 512. The number of H-pyrrole nitrogens is 1. The number of nitrogens with one attached hydrogen (secondary N) is 1. The van der Waals surface area contributed by atoms with E-state index in [1.54, 1.807) is 0 Å². The van der Waals surface area contributed by atoms with Crippen molar-refractivity contribution in [2.24, 2.45) is 5.92 Å². The van der Waals surface area contributed by atoms with Crippen molar-refractivity contribution in [3.63, 3.8) is 0 Å². The Balaban J connectivity index is 1.83. The zero-order valence-electron chi connectivity index (χ0n) is 12.6. The largest absolute Gasteiger partial charge is 0.310 e. The molecule has 1 aromatic rings. The fourth-order valence-corrected chi connectivity index (χ4v) is 3.84. The maximum atomic E-state index is 12.3. The SMILES string of the molecule is CCC1CCC(c2nc3c(c(=O)[nH]2)CCCCC3)CC1. The lowest BCUT2D eigenvalue weighted by Gasteiger charge is -2.27. The Morgan fingerprint density at radius 1 is 1.10 bits per heavy atom. The first-order chi connectivity index (χ1) is 9.78. The average molecular weight is 274 g/mol. The van der Waals surface area contributed by atoms with Crippen LogP contribution in [0.5, 0.6) is 0 Å². The summed E-state index contributed by atoms with van der Waals surface area (Å²) in [6, 6.07) is 0. The lowest BCUT2D eigenvalue weighted by Crippen LogP contribution is -2.23. The van der Waals surface area contributed by atoms with Gasteiger partial charge in [-0.25, -0.2) is 4.98 Å². The van der Waals surface area contributed by atoms with Gasteiger partial charge in [0.15, 0.2) is 0 Å². The third-order valence-corrected chi connectivity index (χ3v) is 5.27. The topological polar surface area (TPSA) is 45.8 Å². The zero-order chi connectivity index (χ0) is 13.9. The number of aromatic amines is 1. The molecule has 1 heterocycles. The van der Waals surface area contributed by atoms with Crippen molar-refractivity contribution >= 4 is 0 Å². The summed E-state index contributed by atoms with van der Waals surface area (Å²) in [5.74, 6) is 2.35. The molecule has 0 saturated heterocycles. The van der Waals surface area contributed by atoms with Crippen molar-refractivity contribution in [3.05, 3.63) is 27.4 Å². The maximum absolute atomic E-state index is 12.3. The minimum atomic E-state index is 0.143.